The van der Waals surface area contributed by atoms with E-state index in [1.807, 2.05) is 0 Å². The monoisotopic (exact) mass is 177 g/mol. The fourth-order valence-electron chi connectivity index (χ4n) is 1.07. The number of aromatic nitrogens is 3. The lowest BCUT2D eigenvalue weighted by molar-refractivity contribution is 0.610. The Morgan fingerprint density at radius 2 is 2.15 bits per heavy atom. The van der Waals surface area contributed by atoms with Crippen molar-refractivity contribution in [2.24, 2.45) is 0 Å². The second-order valence-electron chi connectivity index (χ2n) is 2.78. The summed E-state index contributed by atoms with van der Waals surface area (Å²) in [7, 11) is 0. The van der Waals surface area contributed by atoms with Crippen molar-refractivity contribution in [1.82, 2.24) is 15.2 Å². The molecule has 0 atom stereocenters. The fraction of sp³-hybridized carbons (Fsp3) is 0.111. The Hall–Kier alpha value is -1.71. The number of hydrogen-bond donors (Lipinski definition) is 1. The number of rotatable bonds is 1. The third-order valence-corrected chi connectivity index (χ3v) is 1.86. The van der Waals surface area contributed by atoms with Gasteiger partial charge in [-0.05, 0) is 13.0 Å². The molecule has 2 aromatic heterocycles. The summed E-state index contributed by atoms with van der Waals surface area (Å²) in [6.45, 7) is 1.63. The molecule has 3 nitrogen and oxygen atoms in total. The number of nitrogens with one attached hydrogen (secondary N) is 1. The molecule has 2 aromatic rings. The maximum atomic E-state index is 13.1. The molecule has 4 heteroatoms. The number of nitrogens with zero attached hydrogens (tertiary/aromatic N) is 2. The van der Waals surface area contributed by atoms with Crippen molar-refractivity contribution in [3.05, 3.63) is 36.2 Å². The van der Waals surface area contributed by atoms with Crippen molar-refractivity contribution in [1.29, 1.82) is 0 Å². The van der Waals surface area contributed by atoms with Crippen molar-refractivity contribution in [2.45, 2.75) is 6.92 Å². The molecule has 0 spiro atoms. The molecule has 0 saturated heterocycles. The van der Waals surface area contributed by atoms with Crippen molar-refractivity contribution < 1.29 is 4.39 Å². The molecule has 0 radical (unpaired) electrons. The van der Waals surface area contributed by atoms with Gasteiger partial charge in [-0.3, -0.25) is 10.1 Å². The first kappa shape index (κ1) is 7.91. The fourth-order valence-corrected chi connectivity index (χ4v) is 1.07. The summed E-state index contributed by atoms with van der Waals surface area (Å²) in [5, 5.41) is 6.44. The van der Waals surface area contributed by atoms with Crippen LogP contribution in [0.5, 0.6) is 0 Å². The molecule has 0 amide bonds. The third kappa shape index (κ3) is 1.42. The van der Waals surface area contributed by atoms with Gasteiger partial charge in [0.25, 0.3) is 0 Å². The molecule has 66 valence electrons. The van der Waals surface area contributed by atoms with Gasteiger partial charge in [-0.15, -0.1) is 0 Å². The molecular formula is C9H8FN3. The molecule has 0 unspecified atom stereocenters. The topological polar surface area (TPSA) is 41.6 Å². The summed E-state index contributed by atoms with van der Waals surface area (Å²) in [5.74, 6) is -0.293. The smallest absolute Gasteiger partial charge is 0.145 e. The van der Waals surface area contributed by atoms with E-state index in [4.69, 9.17) is 0 Å². The van der Waals surface area contributed by atoms with Crippen molar-refractivity contribution in [3.8, 4) is 11.1 Å². The highest BCUT2D eigenvalue weighted by molar-refractivity contribution is 5.60. The van der Waals surface area contributed by atoms with Gasteiger partial charge in [0.15, 0.2) is 0 Å². The van der Waals surface area contributed by atoms with E-state index in [0.29, 0.717) is 5.69 Å². The average molecular weight is 177 g/mol. The van der Waals surface area contributed by atoms with Crippen LogP contribution in [0.1, 0.15) is 5.69 Å². The molecule has 1 N–H and O–H groups in total. The van der Waals surface area contributed by atoms with Crippen LogP contribution >= 0.6 is 0 Å². The van der Waals surface area contributed by atoms with Crippen LogP contribution in [-0.2, 0) is 0 Å². The highest BCUT2D eigenvalue weighted by atomic mass is 19.1. The maximum absolute atomic E-state index is 13.1. The molecule has 0 aliphatic heterocycles. The summed E-state index contributed by atoms with van der Waals surface area (Å²) in [5.41, 5.74) is 1.98. The van der Waals surface area contributed by atoms with Crippen molar-refractivity contribution in [3.63, 3.8) is 0 Å². The van der Waals surface area contributed by atoms with E-state index >= 15 is 0 Å². The van der Waals surface area contributed by atoms with Crippen LogP contribution in [0, 0.1) is 12.7 Å². The highest BCUT2D eigenvalue weighted by Gasteiger charge is 2.03. The third-order valence-electron chi connectivity index (χ3n) is 1.86. The summed E-state index contributed by atoms with van der Waals surface area (Å²) in [6.07, 6.45) is 4.96. The zero-order valence-electron chi connectivity index (χ0n) is 7.08. The normalized spacial score (nSPS) is 10.3. The van der Waals surface area contributed by atoms with Gasteiger partial charge >= 0.3 is 0 Å². The standard InChI is InChI=1S/C9H8FN3/c1-6-9(10)2-7(3-11-6)8-4-12-13-5-8/h2-5H,1H3,(H,12,13). The van der Waals surface area contributed by atoms with Gasteiger partial charge in [-0.2, -0.15) is 5.10 Å². The lowest BCUT2D eigenvalue weighted by Gasteiger charge is -1.98. The zero-order valence-corrected chi connectivity index (χ0v) is 7.08. The molecule has 13 heavy (non-hydrogen) atoms. The van der Waals surface area contributed by atoms with E-state index < -0.39 is 0 Å². The minimum Gasteiger partial charge on any atom is -0.285 e. The number of pyridine rings is 1. The maximum Gasteiger partial charge on any atom is 0.145 e. The van der Waals surface area contributed by atoms with Crippen molar-refractivity contribution >= 4 is 0 Å². The lowest BCUT2D eigenvalue weighted by atomic mass is 10.1. The van der Waals surface area contributed by atoms with Crippen LogP contribution in [0.15, 0.2) is 24.7 Å². The summed E-state index contributed by atoms with van der Waals surface area (Å²) >= 11 is 0. The Morgan fingerprint density at radius 1 is 1.31 bits per heavy atom. The Balaban J connectivity index is 2.49. The second kappa shape index (κ2) is 2.97. The molecule has 2 heterocycles. The predicted octanol–water partition coefficient (Wildman–Crippen LogP) is 1.92. The molecule has 0 saturated carbocycles. The lowest BCUT2D eigenvalue weighted by Crippen LogP contribution is -1.87. The highest BCUT2D eigenvalue weighted by Crippen LogP contribution is 2.18. The molecule has 0 bridgehead atoms. The van der Waals surface area contributed by atoms with Crippen LogP contribution in [0.3, 0.4) is 0 Å². The van der Waals surface area contributed by atoms with Crippen LogP contribution in [-0.4, -0.2) is 15.2 Å². The van der Waals surface area contributed by atoms with Crippen LogP contribution < -0.4 is 0 Å². The molecule has 0 fully saturated rings. The Labute approximate surface area is 74.6 Å². The molecule has 0 aliphatic rings. The van der Waals surface area contributed by atoms with Crippen LogP contribution in [0.25, 0.3) is 11.1 Å². The van der Waals surface area contributed by atoms with E-state index in [9.17, 15) is 4.39 Å². The molecule has 2 rings (SSSR count). The summed E-state index contributed by atoms with van der Waals surface area (Å²) in [6, 6.07) is 1.45. The van der Waals surface area contributed by atoms with Gasteiger partial charge in [-0.25, -0.2) is 4.39 Å². The van der Waals surface area contributed by atoms with Crippen molar-refractivity contribution in [2.75, 3.05) is 0 Å². The van der Waals surface area contributed by atoms with Crippen LogP contribution in [0.2, 0.25) is 0 Å². The quantitative estimate of drug-likeness (QED) is 0.723. The van der Waals surface area contributed by atoms with Gasteiger partial charge in [-0.1, -0.05) is 0 Å². The Bertz CT molecular complexity index is 409. The number of H-pyrrole nitrogens is 1. The number of hydrogen-bond acceptors (Lipinski definition) is 2. The van der Waals surface area contributed by atoms with Gasteiger partial charge in [0.05, 0.1) is 11.9 Å². The minimum absolute atomic E-state index is 0.293. The molecule has 0 aromatic carbocycles. The van der Waals surface area contributed by atoms with Gasteiger partial charge in [0.2, 0.25) is 0 Å². The van der Waals surface area contributed by atoms with Gasteiger partial charge < -0.3 is 0 Å². The zero-order chi connectivity index (χ0) is 9.26. The van der Waals surface area contributed by atoms with Crippen LogP contribution in [0.4, 0.5) is 4.39 Å². The first-order valence-corrected chi connectivity index (χ1v) is 3.88. The number of aromatic amines is 1. The Kier molecular flexibility index (Phi) is 1.81. The van der Waals surface area contributed by atoms with E-state index in [1.165, 1.54) is 6.07 Å². The van der Waals surface area contributed by atoms with E-state index in [2.05, 4.69) is 15.2 Å². The van der Waals surface area contributed by atoms with E-state index in [1.54, 1.807) is 25.5 Å². The first-order valence-electron chi connectivity index (χ1n) is 3.88. The molecule has 0 aliphatic carbocycles. The number of aryl methyl sites for hydroxylation is 1. The summed E-state index contributed by atoms with van der Waals surface area (Å²) < 4.78 is 13.1. The minimum atomic E-state index is -0.293. The first-order chi connectivity index (χ1) is 6.27. The SMILES string of the molecule is Cc1ncc(-c2cn[nH]c2)cc1F. The van der Waals surface area contributed by atoms with E-state index in [-0.39, 0.29) is 5.82 Å². The molecular weight excluding hydrogens is 169 g/mol. The second-order valence-corrected chi connectivity index (χ2v) is 2.78. The largest absolute Gasteiger partial charge is 0.285 e. The van der Waals surface area contributed by atoms with Gasteiger partial charge in [0.1, 0.15) is 5.82 Å². The van der Waals surface area contributed by atoms with Gasteiger partial charge in [0, 0.05) is 23.5 Å². The summed E-state index contributed by atoms with van der Waals surface area (Å²) in [4.78, 5) is 3.92. The predicted molar refractivity (Wildman–Crippen MR) is 46.5 cm³/mol. The number of halogens is 1. The van der Waals surface area contributed by atoms with E-state index in [0.717, 1.165) is 11.1 Å². The average Bonchev–Trinajstić information content (AvgIpc) is 2.62. The Morgan fingerprint density at radius 3 is 2.77 bits per heavy atom.